The first-order chi connectivity index (χ1) is 25.3. The zero-order chi connectivity index (χ0) is 39.1. The van der Waals surface area contributed by atoms with Gasteiger partial charge in [-0.2, -0.15) is 0 Å². The lowest BCUT2D eigenvalue weighted by Crippen LogP contribution is -2.67. The maximum absolute atomic E-state index is 14.4. The van der Waals surface area contributed by atoms with Crippen LogP contribution in [0.15, 0.2) is 12.2 Å². The molecule has 304 valence electrons. The SMILES string of the molecule is C=C(C)[C@@H]1CC[C@]2(CC(=O)N3CC[C@@H](N4CCOCC4)C3)CC[C@]3(C)[C@H](CC[C@@H]4[C@@]5(C)CC[C@H](OC(=O)CC(C)(C)CC(=O)O)C(C)(C)[C@@H]5CC[C@]43C)[C@@H]12. The summed E-state index contributed by atoms with van der Waals surface area (Å²) in [5, 5.41) is 9.37. The lowest BCUT2D eigenvalue weighted by Gasteiger charge is -2.73. The minimum atomic E-state index is -0.879. The number of morpholine rings is 1. The highest BCUT2D eigenvalue weighted by molar-refractivity contribution is 5.77. The molecular weight excluding hydrogens is 677 g/mol. The molecule has 0 aromatic carbocycles. The van der Waals surface area contributed by atoms with E-state index in [1.807, 2.05) is 13.8 Å². The molecule has 0 radical (unpaired) electrons. The number of allylic oxidation sites excluding steroid dienone is 1. The van der Waals surface area contributed by atoms with Crippen LogP contribution in [0.2, 0.25) is 0 Å². The fourth-order valence-electron chi connectivity index (χ4n) is 15.5. The Kier molecular flexibility index (Phi) is 10.6. The second-order valence-electron chi connectivity index (χ2n) is 21.9. The minimum Gasteiger partial charge on any atom is -0.481 e. The van der Waals surface area contributed by atoms with Gasteiger partial charge in [-0.25, -0.2) is 0 Å². The van der Waals surface area contributed by atoms with E-state index in [1.165, 1.54) is 37.7 Å². The molecule has 8 heteroatoms. The van der Waals surface area contributed by atoms with Gasteiger partial charge in [-0.1, -0.05) is 60.6 Å². The zero-order valence-corrected chi connectivity index (χ0v) is 35.3. The third-order valence-corrected chi connectivity index (χ3v) is 18.3. The summed E-state index contributed by atoms with van der Waals surface area (Å²) in [6.45, 7) is 28.6. The number of fused-ring (bicyclic) bond motifs is 7. The van der Waals surface area contributed by atoms with Crippen molar-refractivity contribution in [1.82, 2.24) is 9.80 Å². The zero-order valence-electron chi connectivity index (χ0n) is 35.3. The summed E-state index contributed by atoms with van der Waals surface area (Å²) in [5.41, 5.74) is 1.19. The first kappa shape index (κ1) is 40.3. The number of rotatable bonds is 9. The van der Waals surface area contributed by atoms with Crippen LogP contribution in [0.5, 0.6) is 0 Å². The Labute approximate surface area is 326 Å². The Bertz CT molecular complexity index is 1480. The molecular formula is C46H74N2O6. The van der Waals surface area contributed by atoms with Crippen molar-refractivity contribution in [1.29, 1.82) is 0 Å². The highest BCUT2D eigenvalue weighted by Crippen LogP contribution is 2.78. The van der Waals surface area contributed by atoms with Crippen molar-refractivity contribution >= 4 is 17.8 Å². The van der Waals surface area contributed by atoms with Crippen molar-refractivity contribution in [3.63, 3.8) is 0 Å². The van der Waals surface area contributed by atoms with E-state index in [0.717, 1.165) is 77.9 Å². The molecule has 2 aliphatic heterocycles. The molecule has 5 saturated carbocycles. The van der Waals surface area contributed by atoms with Crippen molar-refractivity contribution in [2.45, 2.75) is 157 Å². The lowest BCUT2D eigenvalue weighted by atomic mass is 9.32. The van der Waals surface area contributed by atoms with E-state index in [1.54, 1.807) is 0 Å². The van der Waals surface area contributed by atoms with E-state index in [9.17, 15) is 19.5 Å². The molecule has 0 aromatic rings. The van der Waals surface area contributed by atoms with Gasteiger partial charge < -0.3 is 19.5 Å². The van der Waals surface area contributed by atoms with E-state index in [0.29, 0.717) is 48.0 Å². The summed E-state index contributed by atoms with van der Waals surface area (Å²) in [6.07, 6.45) is 13.2. The van der Waals surface area contributed by atoms with Crippen molar-refractivity contribution < 1.29 is 29.0 Å². The molecule has 11 atom stereocenters. The first-order valence-corrected chi connectivity index (χ1v) is 21.9. The van der Waals surface area contributed by atoms with Crippen LogP contribution in [-0.2, 0) is 23.9 Å². The topological polar surface area (TPSA) is 96.4 Å². The number of likely N-dealkylation sites (tertiary alicyclic amines) is 1. The molecule has 7 rings (SSSR count). The second kappa shape index (κ2) is 14.2. The number of carboxylic acids is 1. The van der Waals surface area contributed by atoms with Crippen LogP contribution in [0.3, 0.4) is 0 Å². The predicted octanol–water partition coefficient (Wildman–Crippen LogP) is 8.77. The van der Waals surface area contributed by atoms with E-state index in [-0.39, 0.29) is 52.0 Å². The van der Waals surface area contributed by atoms with Gasteiger partial charge in [0.15, 0.2) is 0 Å². The molecule has 2 saturated heterocycles. The summed E-state index contributed by atoms with van der Waals surface area (Å²) in [6, 6.07) is 0.474. The highest BCUT2D eigenvalue weighted by Gasteiger charge is 2.71. The lowest BCUT2D eigenvalue weighted by molar-refractivity contribution is -0.250. The van der Waals surface area contributed by atoms with Crippen molar-refractivity contribution in [2.75, 3.05) is 39.4 Å². The number of nitrogens with zero attached hydrogens (tertiary/aromatic N) is 2. The molecule has 1 N–H and O–H groups in total. The van der Waals surface area contributed by atoms with Crippen molar-refractivity contribution in [2.24, 2.45) is 62.1 Å². The third kappa shape index (κ3) is 6.61. The van der Waals surface area contributed by atoms with Crippen LogP contribution in [0, 0.1) is 62.1 Å². The van der Waals surface area contributed by atoms with Crippen LogP contribution in [0.4, 0.5) is 0 Å². The maximum atomic E-state index is 14.4. The van der Waals surface area contributed by atoms with Crippen molar-refractivity contribution in [3.05, 3.63) is 12.2 Å². The average Bonchev–Trinajstić information content (AvgIpc) is 3.72. The smallest absolute Gasteiger partial charge is 0.306 e. The number of hydrogen-bond acceptors (Lipinski definition) is 6. The van der Waals surface area contributed by atoms with Gasteiger partial charge in [-0.05, 0) is 134 Å². The molecule has 5 aliphatic carbocycles. The Morgan fingerprint density at radius 2 is 1.56 bits per heavy atom. The fourth-order valence-corrected chi connectivity index (χ4v) is 15.5. The van der Waals surface area contributed by atoms with Gasteiger partial charge in [-0.15, -0.1) is 0 Å². The first-order valence-electron chi connectivity index (χ1n) is 21.9. The number of aliphatic carboxylic acids is 1. The molecule has 0 spiro atoms. The highest BCUT2D eigenvalue weighted by atomic mass is 16.5. The summed E-state index contributed by atoms with van der Waals surface area (Å²) in [5.74, 6) is 1.95. The number of esters is 1. The third-order valence-electron chi connectivity index (χ3n) is 18.3. The van der Waals surface area contributed by atoms with Gasteiger partial charge >= 0.3 is 11.9 Å². The van der Waals surface area contributed by atoms with E-state index < -0.39 is 11.4 Å². The second-order valence-corrected chi connectivity index (χ2v) is 21.9. The Balaban J connectivity index is 1.09. The summed E-state index contributed by atoms with van der Waals surface area (Å²) < 4.78 is 11.9. The Morgan fingerprint density at radius 1 is 0.833 bits per heavy atom. The molecule has 2 heterocycles. The number of amides is 1. The van der Waals surface area contributed by atoms with Gasteiger partial charge in [0, 0.05) is 44.1 Å². The van der Waals surface area contributed by atoms with Crippen molar-refractivity contribution in [3.8, 4) is 0 Å². The van der Waals surface area contributed by atoms with Crippen LogP contribution >= 0.6 is 0 Å². The van der Waals surface area contributed by atoms with Gasteiger partial charge in [-0.3, -0.25) is 19.3 Å². The number of ether oxygens (including phenoxy) is 2. The number of carbonyl (C=O) groups is 3. The van der Waals surface area contributed by atoms with Gasteiger partial charge in [0.25, 0.3) is 0 Å². The number of carbonyl (C=O) groups excluding carboxylic acids is 2. The summed E-state index contributed by atoms with van der Waals surface area (Å²) >= 11 is 0. The Morgan fingerprint density at radius 3 is 2.24 bits per heavy atom. The predicted molar refractivity (Wildman–Crippen MR) is 211 cm³/mol. The molecule has 0 aromatic heterocycles. The normalized spacial score (nSPS) is 43.3. The standard InChI is InChI=1S/C46H74N2O6/c1-30(2)32-12-18-46(26-37(49)48-21-15-31(29-48)47-22-24-53-25-23-47)20-19-44(8)33(40(32)46)10-11-35-43(7)16-14-36(42(5,6)34(43)13-17-45(35,44)9)54-39(52)28-41(3,4)27-38(50)51/h31-36,40H,1,10-29H2,2-9H3,(H,50,51)/t31-,32+,33-,34+,35-,36+,40-,43+,44-,45-,46-/m1/s1. The largest absolute Gasteiger partial charge is 0.481 e. The van der Waals surface area contributed by atoms with Gasteiger partial charge in [0.05, 0.1) is 26.1 Å². The molecule has 1 amide bonds. The molecule has 8 nitrogen and oxygen atoms in total. The quantitative estimate of drug-likeness (QED) is 0.186. The Hall–Kier alpha value is -1.93. The monoisotopic (exact) mass is 751 g/mol. The van der Waals surface area contributed by atoms with E-state index >= 15 is 0 Å². The number of hydrogen-bond donors (Lipinski definition) is 1. The molecule has 7 fully saturated rings. The molecule has 54 heavy (non-hydrogen) atoms. The van der Waals surface area contributed by atoms with E-state index in [4.69, 9.17) is 9.47 Å². The van der Waals surface area contributed by atoms with Gasteiger partial charge in [0.1, 0.15) is 6.10 Å². The van der Waals surface area contributed by atoms with Crippen LogP contribution < -0.4 is 0 Å². The maximum Gasteiger partial charge on any atom is 0.306 e. The number of carboxylic acid groups (broad SMARTS) is 1. The van der Waals surface area contributed by atoms with E-state index in [2.05, 4.69) is 57.9 Å². The molecule has 7 aliphatic rings. The summed E-state index contributed by atoms with van der Waals surface area (Å²) in [7, 11) is 0. The van der Waals surface area contributed by atoms with Crippen LogP contribution in [0.1, 0.15) is 145 Å². The van der Waals surface area contributed by atoms with Crippen LogP contribution in [0.25, 0.3) is 0 Å². The van der Waals surface area contributed by atoms with Gasteiger partial charge in [0.2, 0.25) is 5.91 Å². The fraction of sp³-hybridized carbons (Fsp3) is 0.891. The minimum absolute atomic E-state index is 0.0451. The molecule has 0 bridgehead atoms. The summed E-state index contributed by atoms with van der Waals surface area (Å²) in [4.78, 5) is 43.8. The molecule has 0 unspecified atom stereocenters. The van der Waals surface area contributed by atoms with Crippen LogP contribution in [-0.4, -0.2) is 84.3 Å². The average molecular weight is 751 g/mol.